The van der Waals surface area contributed by atoms with Crippen molar-refractivity contribution in [3.63, 3.8) is 0 Å². The summed E-state index contributed by atoms with van der Waals surface area (Å²) in [7, 11) is -0.351. The number of rotatable bonds is 6. The van der Waals surface area contributed by atoms with Gasteiger partial charge in [-0.1, -0.05) is 58.1 Å². The summed E-state index contributed by atoms with van der Waals surface area (Å²) in [5, 5.41) is 0.204. The summed E-state index contributed by atoms with van der Waals surface area (Å²) in [6, 6.07) is 7.72. The van der Waals surface area contributed by atoms with Gasteiger partial charge in [-0.25, -0.2) is 4.79 Å². The Morgan fingerprint density at radius 3 is 2.27 bits per heavy atom. The highest BCUT2D eigenvalue weighted by Gasteiger charge is 2.36. The van der Waals surface area contributed by atoms with Crippen LogP contribution < -0.4 is 0 Å². The lowest BCUT2D eigenvalue weighted by Crippen LogP contribution is -2.40. The largest absolute Gasteiger partial charge is 0.465 e. The van der Waals surface area contributed by atoms with Crippen LogP contribution in [0.4, 0.5) is 0 Å². The topological polar surface area (TPSA) is 47.9 Å². The molecule has 0 saturated heterocycles. The van der Waals surface area contributed by atoms with E-state index in [-0.39, 0.29) is 11.0 Å². The standard InChI is InChI=1S/C25H37NO3Si/c1-25(2,3)30(5,6)29-19-11-10-14-23(26-22-12-8-7-9-13-22)20-15-17-21(18-16-20)24(27)28-4/h15-18,22H,7-9,11-13,19H2,1-6H3. The SMILES string of the molecule is COC(=O)c1ccc(C(C#CCCO[Si](C)(C)C(C)(C)C)=NC2CCCCC2)cc1. The second kappa shape index (κ2) is 10.9. The Labute approximate surface area is 183 Å². The fourth-order valence-electron chi connectivity index (χ4n) is 3.17. The third-order valence-corrected chi connectivity index (χ3v) is 10.7. The molecule has 0 N–H and O–H groups in total. The van der Waals surface area contributed by atoms with Crippen molar-refractivity contribution in [1.82, 2.24) is 0 Å². The van der Waals surface area contributed by atoms with Gasteiger partial charge in [0.15, 0.2) is 8.32 Å². The van der Waals surface area contributed by atoms with Gasteiger partial charge in [0.1, 0.15) is 5.71 Å². The van der Waals surface area contributed by atoms with Crippen LogP contribution in [-0.2, 0) is 9.16 Å². The summed E-state index contributed by atoms with van der Waals surface area (Å²) in [4.78, 5) is 16.7. The van der Waals surface area contributed by atoms with E-state index in [0.29, 0.717) is 24.6 Å². The van der Waals surface area contributed by atoms with Crippen LogP contribution in [0.15, 0.2) is 29.3 Å². The molecule has 0 radical (unpaired) electrons. The van der Waals surface area contributed by atoms with Crippen LogP contribution in [0, 0.1) is 11.8 Å². The first-order valence-electron chi connectivity index (χ1n) is 11.0. The second-order valence-electron chi connectivity index (χ2n) is 9.50. The maximum absolute atomic E-state index is 11.7. The van der Waals surface area contributed by atoms with Gasteiger partial charge < -0.3 is 9.16 Å². The quantitative estimate of drug-likeness (QED) is 0.184. The Balaban J connectivity index is 2.12. The molecule has 0 aliphatic heterocycles. The highest BCUT2D eigenvalue weighted by atomic mass is 28.4. The summed E-state index contributed by atoms with van der Waals surface area (Å²) in [6.07, 6.45) is 6.70. The minimum Gasteiger partial charge on any atom is -0.465 e. The van der Waals surface area contributed by atoms with Crippen LogP contribution in [0.1, 0.15) is 75.2 Å². The van der Waals surface area contributed by atoms with E-state index < -0.39 is 8.32 Å². The van der Waals surface area contributed by atoms with E-state index in [1.807, 2.05) is 12.1 Å². The molecule has 1 aromatic rings. The molecule has 0 heterocycles. The van der Waals surface area contributed by atoms with Crippen LogP contribution >= 0.6 is 0 Å². The van der Waals surface area contributed by atoms with E-state index in [2.05, 4.69) is 45.7 Å². The molecule has 1 aromatic carbocycles. The van der Waals surface area contributed by atoms with Gasteiger partial charge in [0.05, 0.1) is 18.7 Å². The van der Waals surface area contributed by atoms with Crippen LogP contribution in [-0.4, -0.2) is 39.8 Å². The number of methoxy groups -OCH3 is 1. The van der Waals surface area contributed by atoms with Crippen molar-refractivity contribution >= 4 is 20.0 Å². The van der Waals surface area contributed by atoms with Crippen LogP contribution in [0.5, 0.6) is 0 Å². The van der Waals surface area contributed by atoms with Crippen molar-refractivity contribution in [3.8, 4) is 11.8 Å². The Hall–Kier alpha value is -1.90. The normalized spacial score (nSPS) is 16.0. The summed E-state index contributed by atoms with van der Waals surface area (Å²) in [5.74, 6) is 6.23. The van der Waals surface area contributed by atoms with Gasteiger partial charge in [-0.15, -0.1) is 0 Å². The van der Waals surface area contributed by atoms with Gasteiger partial charge in [-0.05, 0) is 49.0 Å². The smallest absolute Gasteiger partial charge is 0.337 e. The maximum atomic E-state index is 11.7. The molecule has 1 saturated carbocycles. The molecule has 4 nitrogen and oxygen atoms in total. The highest BCUT2D eigenvalue weighted by Crippen LogP contribution is 2.36. The highest BCUT2D eigenvalue weighted by molar-refractivity contribution is 6.74. The molecule has 164 valence electrons. The number of carbonyl (C=O) groups is 1. The fraction of sp³-hybridized carbons (Fsp3) is 0.600. The van der Waals surface area contributed by atoms with Crippen molar-refractivity contribution < 1.29 is 14.0 Å². The van der Waals surface area contributed by atoms with E-state index in [9.17, 15) is 4.79 Å². The molecule has 0 aromatic heterocycles. The molecule has 0 atom stereocenters. The average Bonchev–Trinajstić information content (AvgIpc) is 2.72. The molecule has 0 amide bonds. The summed E-state index contributed by atoms with van der Waals surface area (Å²) in [5.41, 5.74) is 2.30. The number of benzene rings is 1. The second-order valence-corrected chi connectivity index (χ2v) is 14.3. The minimum absolute atomic E-state index is 0.204. The molecule has 5 heteroatoms. The lowest BCUT2D eigenvalue weighted by atomic mass is 9.95. The first-order valence-corrected chi connectivity index (χ1v) is 13.9. The van der Waals surface area contributed by atoms with Gasteiger partial charge >= 0.3 is 5.97 Å². The number of nitrogens with zero attached hydrogens (tertiary/aromatic N) is 1. The van der Waals surface area contributed by atoms with E-state index in [0.717, 1.165) is 24.1 Å². The fourth-order valence-corrected chi connectivity index (χ4v) is 4.22. The number of aliphatic imine (C=N–C) groups is 1. The van der Waals surface area contributed by atoms with E-state index in [1.165, 1.54) is 26.4 Å². The summed E-state index contributed by atoms with van der Waals surface area (Å²) >= 11 is 0. The van der Waals surface area contributed by atoms with Crippen molar-refractivity contribution in [2.24, 2.45) is 4.99 Å². The molecular formula is C25H37NO3Si. The van der Waals surface area contributed by atoms with Gasteiger partial charge in [-0.2, -0.15) is 0 Å². The first-order chi connectivity index (χ1) is 14.1. The predicted octanol–water partition coefficient (Wildman–Crippen LogP) is 6.01. The lowest BCUT2D eigenvalue weighted by molar-refractivity contribution is 0.0600. The zero-order chi connectivity index (χ0) is 22.2. The molecule has 0 spiro atoms. The molecule has 0 unspecified atom stereocenters. The third kappa shape index (κ3) is 7.11. The Bertz CT molecular complexity index is 788. The molecule has 1 aliphatic carbocycles. The van der Waals surface area contributed by atoms with E-state index in [1.54, 1.807) is 12.1 Å². The Morgan fingerprint density at radius 2 is 1.70 bits per heavy atom. The van der Waals surface area contributed by atoms with E-state index in [4.69, 9.17) is 14.2 Å². The number of ether oxygens (including phenoxy) is 1. The summed E-state index contributed by atoms with van der Waals surface area (Å²) < 4.78 is 11.0. The van der Waals surface area contributed by atoms with Gasteiger partial charge in [0.2, 0.25) is 0 Å². The Morgan fingerprint density at radius 1 is 1.10 bits per heavy atom. The summed E-state index contributed by atoms with van der Waals surface area (Å²) in [6.45, 7) is 11.9. The number of hydrogen-bond acceptors (Lipinski definition) is 4. The minimum atomic E-state index is -1.74. The first kappa shape index (κ1) is 24.4. The van der Waals surface area contributed by atoms with Crippen molar-refractivity contribution in [3.05, 3.63) is 35.4 Å². The third-order valence-electron chi connectivity index (χ3n) is 6.17. The van der Waals surface area contributed by atoms with Gasteiger partial charge in [0, 0.05) is 18.6 Å². The molecule has 0 bridgehead atoms. The lowest BCUT2D eigenvalue weighted by Gasteiger charge is -2.35. The molecule has 30 heavy (non-hydrogen) atoms. The molecule has 1 fully saturated rings. The average molecular weight is 428 g/mol. The molecule has 1 aliphatic rings. The van der Waals surface area contributed by atoms with Gasteiger partial charge in [-0.3, -0.25) is 4.99 Å². The predicted molar refractivity (Wildman–Crippen MR) is 127 cm³/mol. The number of hydrogen-bond donors (Lipinski definition) is 0. The molecule has 2 rings (SSSR count). The zero-order valence-corrected chi connectivity index (χ0v) is 20.5. The van der Waals surface area contributed by atoms with Crippen molar-refractivity contribution in [2.45, 2.75) is 83.5 Å². The number of esters is 1. The molecular weight excluding hydrogens is 390 g/mol. The van der Waals surface area contributed by atoms with Crippen molar-refractivity contribution in [1.29, 1.82) is 0 Å². The van der Waals surface area contributed by atoms with Gasteiger partial charge in [0.25, 0.3) is 0 Å². The van der Waals surface area contributed by atoms with Crippen LogP contribution in [0.25, 0.3) is 0 Å². The number of carbonyl (C=O) groups excluding carboxylic acids is 1. The zero-order valence-electron chi connectivity index (χ0n) is 19.5. The monoisotopic (exact) mass is 427 g/mol. The van der Waals surface area contributed by atoms with E-state index >= 15 is 0 Å². The maximum Gasteiger partial charge on any atom is 0.337 e. The van der Waals surface area contributed by atoms with Crippen LogP contribution in [0.3, 0.4) is 0 Å². The Kier molecular flexibility index (Phi) is 8.87. The van der Waals surface area contributed by atoms with Crippen molar-refractivity contribution in [2.75, 3.05) is 13.7 Å². The van der Waals surface area contributed by atoms with Crippen LogP contribution in [0.2, 0.25) is 18.1 Å².